The summed E-state index contributed by atoms with van der Waals surface area (Å²) in [5.74, 6) is 2.42. The zero-order chi connectivity index (χ0) is 86.4. The fourth-order valence-corrected chi connectivity index (χ4v) is 19.3. The van der Waals surface area contributed by atoms with E-state index in [-0.39, 0.29) is 0 Å². The Bertz CT molecular complexity index is 8590. The number of rotatable bonds is 14. The second-order valence-electron chi connectivity index (χ2n) is 32.9. The highest BCUT2D eigenvalue weighted by Gasteiger charge is 2.24. The van der Waals surface area contributed by atoms with Crippen LogP contribution in [-0.2, 0) is 0 Å². The highest BCUT2D eigenvalue weighted by atomic mass is 15.0. The van der Waals surface area contributed by atoms with Gasteiger partial charge in [0.1, 0.15) is 0 Å². The van der Waals surface area contributed by atoms with E-state index in [2.05, 4.69) is 389 Å². The van der Waals surface area contributed by atoms with Gasteiger partial charge >= 0.3 is 0 Å². The molecule has 612 valence electrons. The van der Waals surface area contributed by atoms with Crippen molar-refractivity contribution >= 4 is 109 Å². The van der Waals surface area contributed by atoms with Crippen LogP contribution < -0.4 is 0 Å². The van der Waals surface area contributed by atoms with Gasteiger partial charge in [0.15, 0.2) is 23.3 Å². The molecule has 0 amide bonds. The van der Waals surface area contributed by atoms with Crippen molar-refractivity contribution in [1.29, 1.82) is 0 Å². The van der Waals surface area contributed by atoms with E-state index in [1.165, 1.54) is 109 Å². The minimum Gasteiger partial charge on any atom is -0.309 e. The first-order valence-electron chi connectivity index (χ1n) is 43.8. The van der Waals surface area contributed by atoms with Gasteiger partial charge in [-0.15, -0.1) is 0 Å². The van der Waals surface area contributed by atoms with Gasteiger partial charge in [-0.3, -0.25) is 19.9 Å². The van der Waals surface area contributed by atoms with Gasteiger partial charge in [0, 0.05) is 165 Å². The summed E-state index contributed by atoms with van der Waals surface area (Å²) >= 11 is 0. The number of nitrogens with zero attached hydrogens (tertiary/aromatic N) is 14. The number of aromatic nitrogens is 14. The van der Waals surface area contributed by atoms with Gasteiger partial charge in [0.25, 0.3) is 0 Å². The van der Waals surface area contributed by atoms with Gasteiger partial charge in [-0.2, -0.15) is 0 Å². The van der Waals surface area contributed by atoms with Gasteiger partial charge < -0.3 is 22.8 Å². The van der Waals surface area contributed by atoms with Crippen molar-refractivity contribution in [3.63, 3.8) is 0 Å². The lowest BCUT2D eigenvalue weighted by Crippen LogP contribution is -2.00. The zero-order valence-corrected chi connectivity index (χ0v) is 70.5. The van der Waals surface area contributed by atoms with Crippen molar-refractivity contribution in [2.45, 2.75) is 0 Å². The van der Waals surface area contributed by atoms with Gasteiger partial charge in [-0.25, -0.2) is 24.9 Å². The van der Waals surface area contributed by atoms with Crippen LogP contribution in [-0.4, -0.2) is 67.7 Å². The molecule has 0 aliphatic heterocycles. The average Bonchev–Trinajstić information content (AvgIpc) is 1.58. The first kappa shape index (κ1) is 75.5. The Kier molecular flexibility index (Phi) is 18.2. The predicted octanol–water partition coefficient (Wildman–Crippen LogP) is 28.4. The molecule has 0 atom stereocenters. The maximum atomic E-state index is 5.11. The number of fused-ring (bicyclic) bond motifs is 15. The molecule has 11 heterocycles. The fraction of sp³-hybridized carbons (Fsp3) is 0. The summed E-state index contributed by atoms with van der Waals surface area (Å²) in [7, 11) is 0. The lowest BCUT2D eigenvalue weighted by molar-refractivity contribution is 1.07. The number of hydrogen-bond acceptors (Lipinski definition) is 9. The molecule has 0 fully saturated rings. The van der Waals surface area contributed by atoms with E-state index in [0.29, 0.717) is 23.3 Å². The average molecular weight is 1680 g/mol. The van der Waals surface area contributed by atoms with Crippen LogP contribution in [0.15, 0.2) is 450 Å². The molecule has 26 rings (SSSR count). The molecular weight excluding hydrogens is 1600 g/mol. The molecule has 14 heteroatoms. The monoisotopic (exact) mass is 1670 g/mol. The quantitative estimate of drug-likeness (QED) is 0.104. The van der Waals surface area contributed by atoms with Crippen molar-refractivity contribution in [3.8, 4) is 130 Å². The predicted molar refractivity (Wildman–Crippen MR) is 534 cm³/mol. The second kappa shape index (κ2) is 31.6. The molecule has 0 bridgehead atoms. The Morgan fingerprint density at radius 1 is 0.130 bits per heavy atom. The summed E-state index contributed by atoms with van der Waals surface area (Å²) in [4.78, 5) is 41.7. The topological polar surface area (TPSA) is 141 Å². The lowest BCUT2D eigenvalue weighted by atomic mass is 9.98. The molecular formula is C117H74N14. The van der Waals surface area contributed by atoms with Gasteiger partial charge in [0.05, 0.1) is 66.6 Å². The van der Waals surface area contributed by atoms with Crippen LogP contribution in [0.2, 0.25) is 0 Å². The molecule has 0 aliphatic carbocycles. The zero-order valence-electron chi connectivity index (χ0n) is 70.5. The van der Waals surface area contributed by atoms with E-state index in [9.17, 15) is 0 Å². The first-order chi connectivity index (χ1) is 64.9. The minimum absolute atomic E-state index is 0.590. The smallest absolute Gasteiger partial charge is 0.164 e. The Morgan fingerprint density at radius 2 is 0.321 bits per heavy atom. The van der Waals surface area contributed by atoms with Crippen LogP contribution in [0.1, 0.15) is 0 Å². The Hall–Kier alpha value is -18.0. The summed E-state index contributed by atoms with van der Waals surface area (Å²) in [5, 5.41) is 12.2. The van der Waals surface area contributed by atoms with Crippen LogP contribution in [0.4, 0.5) is 0 Å². The van der Waals surface area contributed by atoms with Crippen molar-refractivity contribution in [2.75, 3.05) is 0 Å². The van der Waals surface area contributed by atoms with E-state index in [0.717, 1.165) is 106 Å². The number of benzene rings is 15. The van der Waals surface area contributed by atoms with E-state index in [4.69, 9.17) is 24.9 Å². The number of hydrogen-bond donors (Lipinski definition) is 0. The summed E-state index contributed by atoms with van der Waals surface area (Å²) in [6.07, 6.45) is 14.2. The molecule has 0 saturated carbocycles. The van der Waals surface area contributed by atoms with Gasteiger partial charge in [-0.05, 0) is 270 Å². The molecule has 0 radical (unpaired) electrons. The van der Waals surface area contributed by atoms with Crippen LogP contribution >= 0.6 is 0 Å². The minimum atomic E-state index is 0.590. The summed E-state index contributed by atoms with van der Waals surface area (Å²) in [6, 6.07) is 143. The van der Waals surface area contributed by atoms with Gasteiger partial charge in [-0.1, -0.05) is 164 Å². The normalized spacial score (nSPS) is 11.7. The van der Waals surface area contributed by atoms with Crippen LogP contribution in [0.25, 0.3) is 239 Å². The highest BCUT2D eigenvalue weighted by molar-refractivity contribution is 6.17. The molecule has 0 spiro atoms. The molecule has 0 N–H and O–H groups in total. The van der Waals surface area contributed by atoms with E-state index < -0.39 is 0 Å². The lowest BCUT2D eigenvalue weighted by Gasteiger charge is -2.12. The molecule has 14 nitrogen and oxygen atoms in total. The third-order valence-corrected chi connectivity index (χ3v) is 25.5. The Balaban J connectivity index is 0.000000147. The molecule has 131 heavy (non-hydrogen) atoms. The van der Waals surface area contributed by atoms with E-state index in [1.54, 1.807) is 49.6 Å². The molecule has 26 aromatic rings. The van der Waals surface area contributed by atoms with Crippen molar-refractivity contribution in [2.24, 2.45) is 0 Å². The van der Waals surface area contributed by atoms with Gasteiger partial charge in [0.2, 0.25) is 0 Å². The number of para-hydroxylation sites is 7. The summed E-state index contributed by atoms with van der Waals surface area (Å²) in [6.45, 7) is 0. The van der Waals surface area contributed by atoms with E-state index in [1.807, 2.05) is 54.6 Å². The maximum Gasteiger partial charge on any atom is 0.164 e. The van der Waals surface area contributed by atoms with Crippen molar-refractivity contribution in [1.82, 2.24) is 67.7 Å². The Morgan fingerprint density at radius 3 is 0.580 bits per heavy atom. The van der Waals surface area contributed by atoms with Crippen molar-refractivity contribution < 1.29 is 0 Å². The van der Waals surface area contributed by atoms with E-state index >= 15 is 0 Å². The van der Waals surface area contributed by atoms with Crippen LogP contribution in [0, 0.1) is 0 Å². The Labute approximate surface area is 751 Å². The first-order valence-corrected chi connectivity index (χ1v) is 43.8. The third-order valence-electron chi connectivity index (χ3n) is 25.5. The molecule has 11 aromatic heterocycles. The van der Waals surface area contributed by atoms with Crippen LogP contribution in [0.3, 0.4) is 0 Å². The van der Waals surface area contributed by atoms with Crippen molar-refractivity contribution in [3.05, 3.63) is 450 Å². The highest BCUT2D eigenvalue weighted by Crippen LogP contribution is 2.45. The molecule has 0 saturated heterocycles. The molecule has 15 aromatic carbocycles. The third kappa shape index (κ3) is 13.2. The fourth-order valence-electron chi connectivity index (χ4n) is 19.3. The maximum absolute atomic E-state index is 5.11. The second-order valence-corrected chi connectivity index (χ2v) is 32.9. The van der Waals surface area contributed by atoms with Crippen LogP contribution in [0.5, 0.6) is 0 Å². The summed E-state index contributed by atoms with van der Waals surface area (Å²) < 4.78 is 11.8. The standard InChI is InChI=1S/C68H43N7.C49H31N7/c1-3-11-51(12-4-1)73-62-17-9-7-15-54(62)56-39-47(21-27-64(56)73)49-23-29-66-58(41-49)59-42-50(48-22-28-65-57(40-48)55-16-8-10-18-63(55)74(65)52-13-5-2-6-14-52)24-30-67(59)75(66)53-25-19-46(20-26-53)68-71-60(44-31-35-69-36-32-44)43-61(72-68)45-33-37-70-38-34-45;1-2-8-37(9-3-1)55-43-12-6-4-10-39(43)41-30-35(16-20-45(41)55)36-17-21-46-42(31-36)40-11-5-7-13-44(40)56(46)38-18-14-32(15-19-38)47-52-48(33-22-26-50-27-23-33)54-49(53-47)34-24-28-51-29-25-34/h1-43H;1-31H. The SMILES string of the molecule is c1ccc(-n2c3ccccc3c3cc(-c4ccc5c(c4)c4cc(-c6ccc7c(c6)c6ccccc6n7-c6ccccc6)ccc4n5-c4ccc(-c5nc(-c6ccncc6)cc(-c6ccncc6)n5)cc4)ccc32)cc1.c1ccc(-n2c3ccccc3c3cc(-c4ccc5c(c4)c4ccccc4n5-c4ccc(-c5nc(-c6ccncc6)nc(-c6ccncc6)n5)cc4)ccc32)cc1. The molecule has 0 unspecified atom stereocenters. The molecule has 0 aliphatic rings. The summed E-state index contributed by atoms with van der Waals surface area (Å²) in [5.41, 5.74) is 31.4. The number of pyridine rings is 4. The largest absolute Gasteiger partial charge is 0.309 e.